The Bertz CT molecular complexity index is 534. The van der Waals surface area contributed by atoms with E-state index in [1.54, 1.807) is 0 Å². The molecule has 0 saturated heterocycles. The van der Waals surface area contributed by atoms with Gasteiger partial charge in [-0.1, -0.05) is 81.9 Å². The number of allylic oxidation sites excluding steroid dienone is 6. The Balaban J connectivity index is 3.41. The molecule has 4 heteroatoms. The average molecular weight is 449 g/mol. The number of hydrogen-bond acceptors (Lipinski definition) is 3. The predicted molar refractivity (Wildman–Crippen MR) is 135 cm³/mol. The molecule has 0 spiro atoms. The third kappa shape index (κ3) is 24.4. The minimum Gasteiger partial charge on any atom is -0.481 e. The van der Waals surface area contributed by atoms with Gasteiger partial charge in [-0.25, -0.2) is 0 Å². The second-order valence-corrected chi connectivity index (χ2v) is 8.63. The second kappa shape index (κ2) is 23.8. The van der Waals surface area contributed by atoms with Crippen molar-refractivity contribution in [3.63, 3.8) is 0 Å². The summed E-state index contributed by atoms with van der Waals surface area (Å²) in [4.78, 5) is 22.3. The van der Waals surface area contributed by atoms with Gasteiger partial charge in [-0.05, 0) is 64.7 Å². The zero-order valence-electron chi connectivity index (χ0n) is 20.7. The van der Waals surface area contributed by atoms with Gasteiger partial charge in [0.05, 0.1) is 6.10 Å². The maximum Gasteiger partial charge on any atom is 0.306 e. The Hall–Kier alpha value is -1.84. The molecule has 0 bridgehead atoms. The Labute approximate surface area is 197 Å². The lowest BCUT2D eigenvalue weighted by atomic mass is 10.1. The van der Waals surface area contributed by atoms with E-state index in [1.165, 1.54) is 51.4 Å². The van der Waals surface area contributed by atoms with Gasteiger partial charge >= 0.3 is 11.9 Å². The van der Waals surface area contributed by atoms with Gasteiger partial charge in [0.1, 0.15) is 0 Å². The number of carbonyl (C=O) groups is 2. The van der Waals surface area contributed by atoms with Crippen molar-refractivity contribution >= 4 is 11.9 Å². The molecular formula is C28H48O4. The molecule has 1 unspecified atom stereocenters. The molecule has 1 atom stereocenters. The van der Waals surface area contributed by atoms with E-state index in [0.29, 0.717) is 19.3 Å². The van der Waals surface area contributed by atoms with Crippen LogP contribution in [0.3, 0.4) is 0 Å². The summed E-state index contributed by atoms with van der Waals surface area (Å²) < 4.78 is 5.32. The number of unbranched alkanes of at least 4 members (excludes halogenated alkanes) is 9. The Kier molecular flexibility index (Phi) is 22.4. The van der Waals surface area contributed by atoms with E-state index < -0.39 is 5.97 Å². The summed E-state index contributed by atoms with van der Waals surface area (Å²) in [5.74, 6) is -0.960. The predicted octanol–water partition coefficient (Wildman–Crippen LogP) is 8.32. The first-order chi connectivity index (χ1) is 15.6. The lowest BCUT2D eigenvalue weighted by Gasteiger charge is -2.12. The number of carboxylic acid groups (broad SMARTS) is 1. The zero-order chi connectivity index (χ0) is 23.7. The zero-order valence-corrected chi connectivity index (χ0v) is 20.7. The summed E-state index contributed by atoms with van der Waals surface area (Å²) in [5, 5.41) is 8.62. The van der Waals surface area contributed by atoms with Crippen molar-refractivity contribution in [3.8, 4) is 0 Å². The Morgan fingerprint density at radius 3 is 1.84 bits per heavy atom. The standard InChI is InChI=1S/C28H48O4/c1-3-4-5-6-7-8-9-10-11-12-13-14-15-16-17-18-19-20-21-25-28(31)32-26(2)23-22-24-27(29)30/h7-8,10-11,13-14,26H,3-6,9,12,15-25H2,1-2H3,(H,29,30)/b8-7-,11-10-,14-13-. The molecule has 0 fully saturated rings. The van der Waals surface area contributed by atoms with Crippen molar-refractivity contribution in [2.45, 2.75) is 129 Å². The highest BCUT2D eigenvalue weighted by Gasteiger charge is 2.10. The summed E-state index contributed by atoms with van der Waals surface area (Å²) in [7, 11) is 0. The van der Waals surface area contributed by atoms with Crippen molar-refractivity contribution in [1.29, 1.82) is 0 Å². The molecule has 0 radical (unpaired) electrons. The molecule has 4 nitrogen and oxygen atoms in total. The number of rotatable bonds is 22. The van der Waals surface area contributed by atoms with Crippen LogP contribution in [-0.2, 0) is 14.3 Å². The first-order valence-corrected chi connectivity index (χ1v) is 12.9. The van der Waals surface area contributed by atoms with E-state index in [0.717, 1.165) is 32.1 Å². The molecule has 0 saturated carbocycles. The Morgan fingerprint density at radius 1 is 0.719 bits per heavy atom. The molecular weight excluding hydrogens is 400 g/mol. The first kappa shape index (κ1) is 30.2. The van der Waals surface area contributed by atoms with Crippen LogP contribution in [0.2, 0.25) is 0 Å². The fourth-order valence-electron chi connectivity index (χ4n) is 3.41. The number of carboxylic acids is 1. The van der Waals surface area contributed by atoms with Crippen LogP contribution in [0.5, 0.6) is 0 Å². The van der Waals surface area contributed by atoms with Crippen LogP contribution in [-0.4, -0.2) is 23.1 Å². The molecule has 0 aliphatic heterocycles. The topological polar surface area (TPSA) is 63.6 Å². The van der Waals surface area contributed by atoms with Crippen LogP contribution < -0.4 is 0 Å². The molecule has 32 heavy (non-hydrogen) atoms. The molecule has 0 aromatic carbocycles. The Morgan fingerprint density at radius 2 is 1.25 bits per heavy atom. The fraction of sp³-hybridized carbons (Fsp3) is 0.714. The van der Waals surface area contributed by atoms with Crippen molar-refractivity contribution in [2.24, 2.45) is 0 Å². The van der Waals surface area contributed by atoms with Gasteiger partial charge in [-0.3, -0.25) is 9.59 Å². The minimum atomic E-state index is -0.802. The van der Waals surface area contributed by atoms with Crippen LogP contribution in [0.4, 0.5) is 0 Å². The SMILES string of the molecule is CCCCC/C=C\C/C=C\C/C=C\CCCCCCCCC(=O)OC(C)CCCC(=O)O. The van der Waals surface area contributed by atoms with Crippen LogP contribution in [0.15, 0.2) is 36.5 Å². The van der Waals surface area contributed by atoms with Crippen LogP contribution in [0.25, 0.3) is 0 Å². The number of esters is 1. The fourth-order valence-corrected chi connectivity index (χ4v) is 3.41. The van der Waals surface area contributed by atoms with Gasteiger partial charge in [0.25, 0.3) is 0 Å². The molecule has 0 aliphatic carbocycles. The van der Waals surface area contributed by atoms with Crippen molar-refractivity contribution < 1.29 is 19.4 Å². The molecule has 0 aromatic rings. The van der Waals surface area contributed by atoms with Gasteiger partial charge in [-0.2, -0.15) is 0 Å². The highest BCUT2D eigenvalue weighted by molar-refractivity contribution is 5.69. The summed E-state index contributed by atoms with van der Waals surface area (Å²) in [6.07, 6.45) is 30.4. The smallest absolute Gasteiger partial charge is 0.306 e. The summed E-state index contributed by atoms with van der Waals surface area (Å²) in [6, 6.07) is 0. The lowest BCUT2D eigenvalue weighted by molar-refractivity contribution is -0.148. The van der Waals surface area contributed by atoms with E-state index in [9.17, 15) is 9.59 Å². The van der Waals surface area contributed by atoms with Crippen LogP contribution >= 0.6 is 0 Å². The van der Waals surface area contributed by atoms with Gasteiger partial charge in [-0.15, -0.1) is 0 Å². The molecule has 1 N–H and O–H groups in total. The normalized spacial score (nSPS) is 12.8. The van der Waals surface area contributed by atoms with E-state index >= 15 is 0 Å². The minimum absolute atomic E-state index is 0.131. The molecule has 0 aromatic heterocycles. The lowest BCUT2D eigenvalue weighted by Crippen LogP contribution is -2.15. The maximum absolute atomic E-state index is 11.8. The third-order valence-corrected chi connectivity index (χ3v) is 5.35. The average Bonchev–Trinajstić information content (AvgIpc) is 2.75. The first-order valence-electron chi connectivity index (χ1n) is 12.9. The van der Waals surface area contributed by atoms with E-state index in [4.69, 9.17) is 9.84 Å². The number of carbonyl (C=O) groups excluding carboxylic acids is 1. The van der Waals surface area contributed by atoms with E-state index in [2.05, 4.69) is 43.4 Å². The van der Waals surface area contributed by atoms with Crippen LogP contribution in [0, 0.1) is 0 Å². The van der Waals surface area contributed by atoms with Gasteiger partial charge in [0.2, 0.25) is 0 Å². The molecule has 0 heterocycles. The largest absolute Gasteiger partial charge is 0.481 e. The molecule has 0 rings (SSSR count). The number of hydrogen-bond donors (Lipinski definition) is 1. The van der Waals surface area contributed by atoms with E-state index in [-0.39, 0.29) is 18.5 Å². The third-order valence-electron chi connectivity index (χ3n) is 5.35. The van der Waals surface area contributed by atoms with Gasteiger partial charge in [0, 0.05) is 12.8 Å². The molecule has 184 valence electrons. The van der Waals surface area contributed by atoms with Crippen LogP contribution in [0.1, 0.15) is 123 Å². The highest BCUT2D eigenvalue weighted by atomic mass is 16.5. The van der Waals surface area contributed by atoms with Crippen molar-refractivity contribution in [3.05, 3.63) is 36.5 Å². The van der Waals surface area contributed by atoms with Crippen molar-refractivity contribution in [1.82, 2.24) is 0 Å². The van der Waals surface area contributed by atoms with Crippen molar-refractivity contribution in [2.75, 3.05) is 0 Å². The van der Waals surface area contributed by atoms with E-state index in [1.807, 2.05) is 6.92 Å². The number of ether oxygens (including phenoxy) is 1. The summed E-state index contributed by atoms with van der Waals surface area (Å²) >= 11 is 0. The quantitative estimate of drug-likeness (QED) is 0.103. The number of aliphatic carboxylic acids is 1. The monoisotopic (exact) mass is 448 g/mol. The van der Waals surface area contributed by atoms with Gasteiger partial charge < -0.3 is 9.84 Å². The summed E-state index contributed by atoms with van der Waals surface area (Å²) in [6.45, 7) is 4.07. The molecule has 0 aliphatic rings. The maximum atomic E-state index is 11.8. The summed E-state index contributed by atoms with van der Waals surface area (Å²) in [5.41, 5.74) is 0. The van der Waals surface area contributed by atoms with Gasteiger partial charge in [0.15, 0.2) is 0 Å². The second-order valence-electron chi connectivity index (χ2n) is 8.63. The molecule has 0 amide bonds. The highest BCUT2D eigenvalue weighted by Crippen LogP contribution is 2.11.